The van der Waals surface area contributed by atoms with Crippen molar-refractivity contribution < 1.29 is 18.7 Å². The molecule has 10 heteroatoms. The van der Waals surface area contributed by atoms with Crippen LogP contribution in [0.1, 0.15) is 6.42 Å². The number of nitrogens with zero attached hydrogens (tertiary/aromatic N) is 4. The highest BCUT2D eigenvalue weighted by molar-refractivity contribution is 5.71. The van der Waals surface area contributed by atoms with E-state index >= 15 is 0 Å². The van der Waals surface area contributed by atoms with Crippen molar-refractivity contribution >= 4 is 17.1 Å². The number of hydrogen-bond donors (Lipinski definition) is 0. The fourth-order valence-corrected chi connectivity index (χ4v) is 2.74. The third-order valence-electron chi connectivity index (χ3n) is 4.17. The van der Waals surface area contributed by atoms with Gasteiger partial charge in [0.05, 0.1) is 12.9 Å². The highest BCUT2D eigenvalue weighted by Crippen LogP contribution is 2.15. The van der Waals surface area contributed by atoms with Gasteiger partial charge in [-0.05, 0) is 18.6 Å². The molecule has 3 aromatic rings. The van der Waals surface area contributed by atoms with E-state index in [1.165, 1.54) is 36.1 Å². The molecule has 0 saturated carbocycles. The highest BCUT2D eigenvalue weighted by Gasteiger charge is 2.15. The van der Waals surface area contributed by atoms with Crippen LogP contribution in [0.5, 0.6) is 5.75 Å². The molecule has 3 rings (SSSR count). The van der Waals surface area contributed by atoms with Gasteiger partial charge in [0.15, 0.2) is 29.3 Å². The second-order valence-electron chi connectivity index (χ2n) is 6.12. The van der Waals surface area contributed by atoms with Crippen molar-refractivity contribution in [3.05, 3.63) is 57.2 Å². The first kappa shape index (κ1) is 19.3. The zero-order valence-corrected chi connectivity index (χ0v) is 15.4. The van der Waals surface area contributed by atoms with E-state index in [9.17, 15) is 18.8 Å². The van der Waals surface area contributed by atoms with Crippen molar-refractivity contribution in [2.45, 2.75) is 13.0 Å². The van der Waals surface area contributed by atoms with Gasteiger partial charge in [0.1, 0.15) is 0 Å². The van der Waals surface area contributed by atoms with Crippen molar-refractivity contribution in [3.8, 4) is 5.75 Å². The third kappa shape index (κ3) is 3.80. The molecule has 0 aliphatic carbocycles. The van der Waals surface area contributed by atoms with Crippen LogP contribution in [0.25, 0.3) is 11.2 Å². The predicted octanol–water partition coefficient (Wildman–Crippen LogP) is 0.585. The van der Waals surface area contributed by atoms with Gasteiger partial charge in [-0.1, -0.05) is 12.1 Å². The molecular weight excluding hydrogens is 371 g/mol. The number of esters is 1. The summed E-state index contributed by atoms with van der Waals surface area (Å²) in [7, 11) is 3.20. The van der Waals surface area contributed by atoms with E-state index in [2.05, 4.69) is 4.98 Å². The molecule has 0 aliphatic heterocycles. The van der Waals surface area contributed by atoms with Crippen LogP contribution in [0.4, 0.5) is 4.39 Å². The van der Waals surface area contributed by atoms with E-state index in [0.29, 0.717) is 11.2 Å². The molecule has 28 heavy (non-hydrogen) atoms. The van der Waals surface area contributed by atoms with Crippen molar-refractivity contribution in [1.82, 2.24) is 18.7 Å². The Morgan fingerprint density at radius 2 is 1.96 bits per heavy atom. The maximum Gasteiger partial charge on any atom is 0.344 e. The lowest BCUT2D eigenvalue weighted by Gasteiger charge is -2.10. The molecule has 9 nitrogen and oxygen atoms in total. The summed E-state index contributed by atoms with van der Waals surface area (Å²) >= 11 is 0. The Bertz CT molecular complexity index is 1130. The molecule has 2 aromatic heterocycles. The number of carbonyl (C=O) groups excluding carboxylic acids is 1. The normalized spacial score (nSPS) is 11.0. The Labute approximate surface area is 158 Å². The smallest absolute Gasteiger partial charge is 0.344 e. The van der Waals surface area contributed by atoms with E-state index < -0.39 is 29.6 Å². The zero-order valence-electron chi connectivity index (χ0n) is 15.4. The van der Waals surface area contributed by atoms with E-state index in [1.54, 1.807) is 17.7 Å². The van der Waals surface area contributed by atoms with Crippen LogP contribution in [0, 0.1) is 5.82 Å². The minimum atomic E-state index is -0.675. The zero-order chi connectivity index (χ0) is 20.3. The first-order valence-electron chi connectivity index (χ1n) is 8.54. The Kier molecular flexibility index (Phi) is 5.57. The van der Waals surface area contributed by atoms with Crippen LogP contribution in [-0.4, -0.2) is 37.9 Å². The average molecular weight is 390 g/mol. The summed E-state index contributed by atoms with van der Waals surface area (Å²) < 4.78 is 27.4. The van der Waals surface area contributed by atoms with Gasteiger partial charge in [-0.2, -0.15) is 0 Å². The van der Waals surface area contributed by atoms with Crippen LogP contribution < -0.4 is 16.0 Å². The summed E-state index contributed by atoms with van der Waals surface area (Å²) in [6, 6.07) is 5.72. The number of hydrogen-bond acceptors (Lipinski definition) is 6. The number of benzene rings is 1. The molecule has 0 radical (unpaired) electrons. The van der Waals surface area contributed by atoms with Gasteiger partial charge in [0.2, 0.25) is 0 Å². The Morgan fingerprint density at radius 3 is 2.71 bits per heavy atom. The van der Waals surface area contributed by atoms with Crippen LogP contribution in [0.3, 0.4) is 0 Å². The summed E-state index contributed by atoms with van der Waals surface area (Å²) in [6.07, 6.45) is 1.72. The number of imidazole rings is 1. The van der Waals surface area contributed by atoms with Gasteiger partial charge in [0.25, 0.3) is 5.56 Å². The number of rotatable bonds is 7. The molecule has 0 saturated heterocycles. The summed E-state index contributed by atoms with van der Waals surface area (Å²) in [5.41, 5.74) is -0.319. The van der Waals surface area contributed by atoms with Crippen LogP contribution in [0.15, 0.2) is 40.2 Å². The SMILES string of the molecule is Cn1cnc2c1c(=O)n(CCCOC(=O)COc1ccccc1F)c(=O)n2C. The first-order valence-corrected chi connectivity index (χ1v) is 8.54. The Hall–Kier alpha value is -3.43. The van der Waals surface area contributed by atoms with Gasteiger partial charge in [-0.25, -0.2) is 19.0 Å². The van der Waals surface area contributed by atoms with Crippen molar-refractivity contribution in [2.75, 3.05) is 13.2 Å². The Morgan fingerprint density at radius 1 is 1.21 bits per heavy atom. The maximum absolute atomic E-state index is 13.4. The molecule has 2 heterocycles. The fourth-order valence-electron chi connectivity index (χ4n) is 2.74. The molecule has 0 spiro atoms. The second kappa shape index (κ2) is 8.07. The Balaban J connectivity index is 1.56. The first-order chi connectivity index (χ1) is 13.4. The number of fused-ring (bicyclic) bond motifs is 1. The molecule has 0 amide bonds. The topological polar surface area (TPSA) is 97.4 Å². The van der Waals surface area contributed by atoms with Gasteiger partial charge < -0.3 is 14.0 Å². The second-order valence-corrected chi connectivity index (χ2v) is 6.12. The summed E-state index contributed by atoms with van der Waals surface area (Å²) in [5, 5.41) is 0. The molecule has 148 valence electrons. The van der Waals surface area contributed by atoms with E-state index in [4.69, 9.17) is 9.47 Å². The number of ether oxygens (including phenoxy) is 2. The summed E-state index contributed by atoms with van der Waals surface area (Å²) in [4.78, 5) is 40.6. The number of aromatic nitrogens is 4. The van der Waals surface area contributed by atoms with Crippen LogP contribution in [0.2, 0.25) is 0 Å². The minimum absolute atomic E-state index is 0.0154. The number of aryl methyl sites for hydroxylation is 2. The van der Waals surface area contributed by atoms with Gasteiger partial charge in [-0.15, -0.1) is 0 Å². The number of para-hydroxylation sites is 1. The van der Waals surface area contributed by atoms with Crippen molar-refractivity contribution in [2.24, 2.45) is 14.1 Å². The van der Waals surface area contributed by atoms with Crippen molar-refractivity contribution in [1.29, 1.82) is 0 Å². The van der Waals surface area contributed by atoms with E-state index in [0.717, 1.165) is 4.57 Å². The summed E-state index contributed by atoms with van der Waals surface area (Å²) in [5.74, 6) is -1.29. The molecule has 0 aliphatic rings. The highest BCUT2D eigenvalue weighted by atomic mass is 19.1. The molecule has 0 fully saturated rings. The van der Waals surface area contributed by atoms with Gasteiger partial charge in [0, 0.05) is 20.6 Å². The predicted molar refractivity (Wildman–Crippen MR) is 97.7 cm³/mol. The largest absolute Gasteiger partial charge is 0.479 e. The lowest BCUT2D eigenvalue weighted by Crippen LogP contribution is -2.39. The lowest BCUT2D eigenvalue weighted by molar-refractivity contribution is -0.146. The molecule has 0 bridgehead atoms. The van der Waals surface area contributed by atoms with Crippen molar-refractivity contribution in [3.63, 3.8) is 0 Å². The monoisotopic (exact) mass is 390 g/mol. The van der Waals surface area contributed by atoms with E-state index in [1.807, 2.05) is 0 Å². The van der Waals surface area contributed by atoms with Crippen LogP contribution in [-0.2, 0) is 30.2 Å². The standard InChI is InChI=1S/C18H19FN4O5/c1-21-11-20-16-15(21)17(25)23(18(26)22(16)2)8-5-9-27-14(24)10-28-13-7-4-3-6-12(13)19/h3-4,6-7,11H,5,8-10H2,1-2H3. The van der Waals surface area contributed by atoms with Gasteiger partial charge in [-0.3, -0.25) is 13.9 Å². The quantitative estimate of drug-likeness (QED) is 0.433. The molecular formula is C18H19FN4O5. The average Bonchev–Trinajstić information content (AvgIpc) is 3.07. The maximum atomic E-state index is 13.4. The third-order valence-corrected chi connectivity index (χ3v) is 4.17. The fraction of sp³-hybridized carbons (Fsp3) is 0.333. The molecule has 1 aromatic carbocycles. The number of halogens is 1. The molecule has 0 unspecified atom stereocenters. The molecule has 0 atom stereocenters. The summed E-state index contributed by atoms with van der Waals surface area (Å²) in [6.45, 7) is -0.379. The molecule has 0 N–H and O–H groups in total. The number of carbonyl (C=O) groups is 1. The van der Waals surface area contributed by atoms with Crippen LogP contribution >= 0.6 is 0 Å². The minimum Gasteiger partial charge on any atom is -0.479 e. The van der Waals surface area contributed by atoms with E-state index in [-0.39, 0.29) is 25.3 Å². The van der Waals surface area contributed by atoms with Gasteiger partial charge >= 0.3 is 11.7 Å². The lowest BCUT2D eigenvalue weighted by atomic mass is 10.3.